The van der Waals surface area contributed by atoms with Crippen LogP contribution in [0.1, 0.15) is 11.1 Å². The number of hydrogen-bond donors (Lipinski definition) is 1. The Morgan fingerprint density at radius 3 is 2.40 bits per heavy atom. The molecule has 1 aromatic carbocycles. The second-order valence-corrected chi connectivity index (χ2v) is 3.43. The van der Waals surface area contributed by atoms with Crippen molar-refractivity contribution in [2.75, 3.05) is 19.1 Å². The van der Waals surface area contributed by atoms with Crippen LogP contribution in [0.25, 0.3) is 0 Å². The van der Waals surface area contributed by atoms with Gasteiger partial charge in [0.05, 0.1) is 7.11 Å². The van der Waals surface area contributed by atoms with Crippen molar-refractivity contribution in [1.82, 2.24) is 0 Å². The maximum Gasteiger partial charge on any atom is 0.319 e. The van der Waals surface area contributed by atoms with Crippen LogP contribution < -0.4 is 15.4 Å². The third-order valence-electron chi connectivity index (χ3n) is 2.62. The van der Waals surface area contributed by atoms with Crippen LogP contribution in [0, 0.1) is 13.8 Å². The summed E-state index contributed by atoms with van der Waals surface area (Å²) in [4.78, 5) is 12.5. The zero-order valence-electron chi connectivity index (χ0n) is 9.50. The second-order valence-electron chi connectivity index (χ2n) is 3.43. The minimum atomic E-state index is -0.470. The largest absolute Gasteiger partial charge is 0.496 e. The summed E-state index contributed by atoms with van der Waals surface area (Å²) in [5.41, 5.74) is 8.03. The number of anilines is 1. The first-order valence-corrected chi connectivity index (χ1v) is 4.66. The molecule has 1 rings (SSSR count). The molecule has 4 nitrogen and oxygen atoms in total. The van der Waals surface area contributed by atoms with Crippen molar-refractivity contribution in [3.63, 3.8) is 0 Å². The molecule has 15 heavy (non-hydrogen) atoms. The van der Waals surface area contributed by atoms with Crippen LogP contribution in [0.3, 0.4) is 0 Å². The third kappa shape index (κ3) is 2.03. The molecule has 1 aromatic rings. The molecule has 0 atom stereocenters. The van der Waals surface area contributed by atoms with E-state index in [2.05, 4.69) is 0 Å². The number of benzene rings is 1. The van der Waals surface area contributed by atoms with Gasteiger partial charge in [-0.3, -0.25) is 4.90 Å². The molecule has 0 radical (unpaired) electrons. The van der Waals surface area contributed by atoms with E-state index >= 15 is 0 Å². The second kappa shape index (κ2) is 4.21. The van der Waals surface area contributed by atoms with Gasteiger partial charge in [-0.05, 0) is 37.1 Å². The lowest BCUT2D eigenvalue weighted by Gasteiger charge is -2.19. The normalized spacial score (nSPS) is 9.87. The lowest BCUT2D eigenvalue weighted by molar-refractivity contribution is 0.255. The van der Waals surface area contributed by atoms with E-state index in [1.165, 1.54) is 4.90 Å². The molecule has 0 aromatic heterocycles. The Balaban J connectivity index is 3.23. The van der Waals surface area contributed by atoms with Crippen LogP contribution >= 0.6 is 0 Å². The van der Waals surface area contributed by atoms with Gasteiger partial charge in [0.25, 0.3) is 0 Å². The smallest absolute Gasteiger partial charge is 0.319 e. The molecule has 82 valence electrons. The van der Waals surface area contributed by atoms with E-state index in [-0.39, 0.29) is 0 Å². The molecule has 2 amide bonds. The Bertz CT molecular complexity index is 388. The number of methoxy groups -OCH3 is 1. The molecule has 0 aliphatic carbocycles. The Morgan fingerprint density at radius 1 is 1.33 bits per heavy atom. The first kappa shape index (κ1) is 11.4. The van der Waals surface area contributed by atoms with Crippen LogP contribution in [-0.4, -0.2) is 20.2 Å². The zero-order valence-corrected chi connectivity index (χ0v) is 9.50. The van der Waals surface area contributed by atoms with Gasteiger partial charge in [0.15, 0.2) is 0 Å². The minimum Gasteiger partial charge on any atom is -0.496 e. The fourth-order valence-corrected chi connectivity index (χ4v) is 1.48. The van der Waals surface area contributed by atoms with Crippen molar-refractivity contribution in [3.8, 4) is 5.75 Å². The van der Waals surface area contributed by atoms with Crippen molar-refractivity contribution < 1.29 is 9.53 Å². The zero-order chi connectivity index (χ0) is 11.6. The summed E-state index contributed by atoms with van der Waals surface area (Å²) in [7, 11) is 3.27. The number of ether oxygens (including phenoxy) is 1. The van der Waals surface area contributed by atoms with Gasteiger partial charge in [0, 0.05) is 12.7 Å². The van der Waals surface area contributed by atoms with E-state index in [1.807, 2.05) is 26.0 Å². The number of hydrogen-bond acceptors (Lipinski definition) is 2. The first-order chi connectivity index (χ1) is 6.99. The number of amides is 2. The predicted molar refractivity (Wildman–Crippen MR) is 60.5 cm³/mol. The molecule has 0 heterocycles. The van der Waals surface area contributed by atoms with Gasteiger partial charge in [-0.25, -0.2) is 4.79 Å². The maximum absolute atomic E-state index is 11.0. The van der Waals surface area contributed by atoms with Crippen molar-refractivity contribution in [3.05, 3.63) is 23.3 Å². The number of rotatable bonds is 2. The molecule has 2 N–H and O–H groups in total. The highest BCUT2D eigenvalue weighted by Crippen LogP contribution is 2.28. The van der Waals surface area contributed by atoms with Gasteiger partial charge in [0.1, 0.15) is 5.75 Å². The number of nitrogens with zero attached hydrogens (tertiary/aromatic N) is 1. The predicted octanol–water partition coefficient (Wildman–Crippen LogP) is 1.83. The van der Waals surface area contributed by atoms with E-state index < -0.39 is 6.03 Å². The van der Waals surface area contributed by atoms with Crippen LogP contribution in [0.4, 0.5) is 10.5 Å². The first-order valence-electron chi connectivity index (χ1n) is 4.66. The maximum atomic E-state index is 11.0. The highest BCUT2D eigenvalue weighted by atomic mass is 16.5. The molecule has 0 fully saturated rings. The topological polar surface area (TPSA) is 55.6 Å². The van der Waals surface area contributed by atoms with Crippen LogP contribution in [0.15, 0.2) is 12.1 Å². The molecular formula is C11H16N2O2. The van der Waals surface area contributed by atoms with Gasteiger partial charge >= 0.3 is 6.03 Å². The Hall–Kier alpha value is -1.71. The summed E-state index contributed by atoms with van der Waals surface area (Å²) >= 11 is 0. The number of primary amides is 1. The van der Waals surface area contributed by atoms with Crippen molar-refractivity contribution in [1.29, 1.82) is 0 Å². The number of carbonyl (C=O) groups is 1. The fourth-order valence-electron chi connectivity index (χ4n) is 1.48. The average molecular weight is 208 g/mol. The van der Waals surface area contributed by atoms with Crippen molar-refractivity contribution in [2.24, 2.45) is 5.73 Å². The van der Waals surface area contributed by atoms with Gasteiger partial charge < -0.3 is 10.5 Å². The van der Waals surface area contributed by atoms with Crippen molar-refractivity contribution in [2.45, 2.75) is 13.8 Å². The lowest BCUT2D eigenvalue weighted by atomic mass is 10.1. The van der Waals surface area contributed by atoms with Gasteiger partial charge in [-0.15, -0.1) is 0 Å². The van der Waals surface area contributed by atoms with E-state index in [4.69, 9.17) is 10.5 Å². The summed E-state index contributed by atoms with van der Waals surface area (Å²) in [6, 6.07) is 3.19. The van der Waals surface area contributed by atoms with Gasteiger partial charge in [-0.2, -0.15) is 0 Å². The number of carbonyl (C=O) groups excluding carboxylic acids is 1. The van der Waals surface area contributed by atoms with Crippen molar-refractivity contribution >= 4 is 11.7 Å². The molecular weight excluding hydrogens is 192 g/mol. The molecule has 4 heteroatoms. The van der Waals surface area contributed by atoms with E-state index in [0.29, 0.717) is 0 Å². The summed E-state index contributed by atoms with van der Waals surface area (Å²) in [6.45, 7) is 3.89. The summed E-state index contributed by atoms with van der Waals surface area (Å²) < 4.78 is 5.19. The van der Waals surface area contributed by atoms with E-state index in [9.17, 15) is 4.79 Å². The Kier molecular flexibility index (Phi) is 3.19. The van der Waals surface area contributed by atoms with Gasteiger partial charge in [0.2, 0.25) is 0 Å². The molecule has 0 unspecified atom stereocenters. The van der Waals surface area contributed by atoms with Gasteiger partial charge in [-0.1, -0.05) is 0 Å². The molecule has 0 saturated heterocycles. The number of urea groups is 1. The molecule has 0 aliphatic rings. The minimum absolute atomic E-state index is 0.470. The fraction of sp³-hybridized carbons (Fsp3) is 0.364. The lowest BCUT2D eigenvalue weighted by Crippen LogP contribution is -2.32. The van der Waals surface area contributed by atoms with Crippen LogP contribution in [0.2, 0.25) is 0 Å². The Morgan fingerprint density at radius 2 is 1.93 bits per heavy atom. The SMILES string of the molecule is COc1ccc(N(C)C(N)=O)c(C)c1C. The Labute approximate surface area is 89.6 Å². The molecule has 0 spiro atoms. The summed E-state index contributed by atoms with van der Waals surface area (Å²) in [6.07, 6.45) is 0. The monoisotopic (exact) mass is 208 g/mol. The van der Waals surface area contributed by atoms with Crippen LogP contribution in [-0.2, 0) is 0 Å². The molecule has 0 saturated carbocycles. The highest BCUT2D eigenvalue weighted by Gasteiger charge is 2.12. The summed E-state index contributed by atoms with van der Waals surface area (Å²) in [5.74, 6) is 0.814. The summed E-state index contributed by atoms with van der Waals surface area (Å²) in [5, 5.41) is 0. The number of nitrogens with two attached hydrogens (primary N) is 1. The van der Waals surface area contributed by atoms with Crippen LogP contribution in [0.5, 0.6) is 5.75 Å². The standard InChI is InChI=1S/C11H16N2O2/c1-7-8(2)10(15-4)6-5-9(7)13(3)11(12)14/h5-6H,1-4H3,(H2,12,14). The van der Waals surface area contributed by atoms with E-state index in [1.54, 1.807) is 14.2 Å². The van der Waals surface area contributed by atoms with E-state index in [0.717, 1.165) is 22.6 Å². The average Bonchev–Trinajstić information content (AvgIpc) is 2.21. The highest BCUT2D eigenvalue weighted by molar-refractivity contribution is 5.91. The third-order valence-corrected chi connectivity index (χ3v) is 2.62. The quantitative estimate of drug-likeness (QED) is 0.806. The molecule has 0 aliphatic heterocycles. The molecule has 0 bridgehead atoms.